The van der Waals surface area contributed by atoms with Crippen molar-refractivity contribution in [3.8, 4) is 0 Å². The molecular weight excluding hydrogens is 239 g/mol. The molecule has 1 rings (SSSR count). The molecule has 0 spiro atoms. The van der Waals surface area contributed by atoms with Gasteiger partial charge in [-0.15, -0.1) is 0 Å². The van der Waals surface area contributed by atoms with Crippen LogP contribution in [0.15, 0.2) is 24.3 Å². The topological polar surface area (TPSA) is 0 Å². The number of halogens is 5. The first-order valence-electron chi connectivity index (χ1n) is 5.27. The van der Waals surface area contributed by atoms with Crippen LogP contribution in [0.2, 0.25) is 0 Å². The van der Waals surface area contributed by atoms with Crippen molar-refractivity contribution in [2.24, 2.45) is 0 Å². The Morgan fingerprint density at radius 3 is 1.82 bits per heavy atom. The summed E-state index contributed by atoms with van der Waals surface area (Å²) in [6.45, 7) is -0.460. The largest absolute Gasteiger partial charge is 0.251 e. The predicted molar refractivity (Wildman–Crippen MR) is 55.5 cm³/mol. The highest BCUT2D eigenvalue weighted by Crippen LogP contribution is 2.29. The maximum absolute atomic E-state index is 12.4. The van der Waals surface area contributed by atoms with Crippen molar-refractivity contribution in [3.63, 3.8) is 0 Å². The lowest BCUT2D eigenvalue weighted by Gasteiger charge is -2.15. The van der Waals surface area contributed by atoms with Crippen LogP contribution in [-0.2, 0) is 6.42 Å². The molecule has 0 aliphatic rings. The van der Waals surface area contributed by atoms with Crippen LogP contribution in [0.1, 0.15) is 23.5 Å². The van der Waals surface area contributed by atoms with Crippen molar-refractivity contribution >= 4 is 0 Å². The first-order valence-corrected chi connectivity index (χ1v) is 5.27. The maximum Gasteiger partial charge on any atom is 0.250 e. The van der Waals surface area contributed by atoms with Crippen molar-refractivity contribution < 1.29 is 22.0 Å². The molecule has 0 amide bonds. The summed E-state index contributed by atoms with van der Waals surface area (Å²) in [6.07, 6.45) is -5.37. The van der Waals surface area contributed by atoms with Crippen molar-refractivity contribution in [2.45, 2.75) is 31.6 Å². The molecule has 0 aromatic heterocycles. The van der Waals surface area contributed by atoms with Crippen LogP contribution in [0, 0.1) is 0 Å². The molecule has 0 atom stereocenters. The minimum atomic E-state index is -3.09. The molecule has 17 heavy (non-hydrogen) atoms. The summed E-state index contributed by atoms with van der Waals surface area (Å²) in [5.41, 5.74) is 0.674. The molecule has 1 aromatic rings. The van der Waals surface area contributed by atoms with Crippen molar-refractivity contribution in [2.75, 3.05) is 6.67 Å². The van der Waals surface area contributed by atoms with Gasteiger partial charge in [0.2, 0.25) is 0 Å². The molecule has 0 radical (unpaired) electrons. The molecule has 0 aliphatic carbocycles. The Morgan fingerprint density at radius 2 is 1.41 bits per heavy atom. The molecule has 5 heteroatoms. The predicted octanol–water partition coefficient (Wildman–Crippen LogP) is 4.20. The molecule has 0 bridgehead atoms. The van der Waals surface area contributed by atoms with Gasteiger partial charge in [-0.2, -0.15) is 0 Å². The van der Waals surface area contributed by atoms with Gasteiger partial charge in [0, 0.05) is 0 Å². The fourth-order valence-corrected chi connectivity index (χ4v) is 1.58. The third-order valence-electron chi connectivity index (χ3n) is 2.51. The summed E-state index contributed by atoms with van der Waals surface area (Å²) in [4.78, 5) is 0. The van der Waals surface area contributed by atoms with Crippen LogP contribution in [0.25, 0.3) is 0 Å². The van der Waals surface area contributed by atoms with Gasteiger partial charge >= 0.3 is 0 Å². The number of rotatable bonds is 6. The third-order valence-corrected chi connectivity index (χ3v) is 2.51. The summed E-state index contributed by atoms with van der Waals surface area (Å²) in [6, 6.07) is 5.50. The quantitative estimate of drug-likeness (QED) is 0.665. The van der Waals surface area contributed by atoms with Gasteiger partial charge < -0.3 is 0 Å². The molecule has 0 nitrogen and oxygen atoms in total. The zero-order valence-corrected chi connectivity index (χ0v) is 9.05. The Hall–Kier alpha value is -1.13. The Balaban J connectivity index is 2.77. The SMILES string of the molecule is FCCCc1ccc(C(C(F)F)C(F)F)cc1. The van der Waals surface area contributed by atoms with Gasteiger partial charge in [-0.05, 0) is 24.0 Å². The molecular formula is C12H13F5. The molecule has 1 aromatic carbocycles. The highest BCUT2D eigenvalue weighted by Gasteiger charge is 2.31. The average molecular weight is 252 g/mol. The van der Waals surface area contributed by atoms with Crippen LogP contribution in [0.5, 0.6) is 0 Å². The normalized spacial score (nSPS) is 11.8. The first kappa shape index (κ1) is 13.9. The lowest BCUT2D eigenvalue weighted by Crippen LogP contribution is -2.17. The van der Waals surface area contributed by atoms with E-state index in [-0.39, 0.29) is 5.56 Å². The van der Waals surface area contributed by atoms with Crippen molar-refractivity contribution in [1.82, 2.24) is 0 Å². The lowest BCUT2D eigenvalue weighted by molar-refractivity contribution is 0.0147. The van der Waals surface area contributed by atoms with Gasteiger partial charge in [-0.3, -0.25) is 4.39 Å². The van der Waals surface area contributed by atoms with E-state index in [1.807, 2.05) is 0 Å². The van der Waals surface area contributed by atoms with Crippen LogP contribution >= 0.6 is 0 Å². The Bertz CT molecular complexity index is 312. The van der Waals surface area contributed by atoms with Gasteiger partial charge in [0.1, 0.15) is 5.92 Å². The zero-order valence-electron chi connectivity index (χ0n) is 9.05. The molecule has 96 valence electrons. The highest BCUT2D eigenvalue weighted by atomic mass is 19.3. The summed E-state index contributed by atoms with van der Waals surface area (Å²) in [5, 5.41) is 0. The Morgan fingerprint density at radius 1 is 0.882 bits per heavy atom. The summed E-state index contributed by atoms with van der Waals surface area (Å²) >= 11 is 0. The smallest absolute Gasteiger partial charge is 0.250 e. The fraction of sp³-hybridized carbons (Fsp3) is 0.500. The van der Waals surface area contributed by atoms with Gasteiger partial charge in [0.25, 0.3) is 12.9 Å². The van der Waals surface area contributed by atoms with Gasteiger partial charge in [0.05, 0.1) is 6.67 Å². The molecule has 0 fully saturated rings. The standard InChI is InChI=1S/C12H13F5/c13-7-1-2-8-3-5-9(6-4-8)10(11(14)15)12(16)17/h3-6,10-12H,1-2,7H2. The molecule has 0 aliphatic heterocycles. The third kappa shape index (κ3) is 3.98. The molecule has 0 N–H and O–H groups in total. The lowest BCUT2D eigenvalue weighted by atomic mass is 9.98. The number of hydrogen-bond acceptors (Lipinski definition) is 0. The van der Waals surface area contributed by atoms with Gasteiger partial charge in [-0.25, -0.2) is 17.6 Å². The van der Waals surface area contributed by atoms with E-state index in [4.69, 9.17) is 0 Å². The van der Waals surface area contributed by atoms with Gasteiger partial charge in [-0.1, -0.05) is 24.3 Å². The van der Waals surface area contributed by atoms with E-state index in [2.05, 4.69) is 0 Å². The molecule has 0 unspecified atom stereocenters. The number of benzene rings is 1. The number of aryl methyl sites for hydroxylation is 1. The molecule has 0 heterocycles. The van der Waals surface area contributed by atoms with E-state index in [0.29, 0.717) is 12.8 Å². The maximum atomic E-state index is 12.4. The van der Waals surface area contributed by atoms with E-state index in [0.717, 1.165) is 5.56 Å². The van der Waals surface area contributed by atoms with E-state index in [9.17, 15) is 22.0 Å². The number of alkyl halides is 5. The number of hydrogen-bond donors (Lipinski definition) is 0. The van der Waals surface area contributed by atoms with Crippen LogP contribution < -0.4 is 0 Å². The Kier molecular flexibility index (Phi) is 5.38. The van der Waals surface area contributed by atoms with Gasteiger partial charge in [0.15, 0.2) is 0 Å². The second kappa shape index (κ2) is 6.57. The van der Waals surface area contributed by atoms with Crippen molar-refractivity contribution in [1.29, 1.82) is 0 Å². The molecule has 0 saturated heterocycles. The second-order valence-corrected chi connectivity index (χ2v) is 3.73. The van der Waals surface area contributed by atoms with E-state index in [1.165, 1.54) is 24.3 Å². The van der Waals surface area contributed by atoms with E-state index < -0.39 is 25.4 Å². The molecule has 0 saturated carbocycles. The fourth-order valence-electron chi connectivity index (χ4n) is 1.58. The average Bonchev–Trinajstić information content (AvgIpc) is 2.27. The second-order valence-electron chi connectivity index (χ2n) is 3.73. The summed E-state index contributed by atoms with van der Waals surface area (Å²) in [5.74, 6) is -2.05. The van der Waals surface area contributed by atoms with Crippen LogP contribution in [0.3, 0.4) is 0 Å². The summed E-state index contributed by atoms with van der Waals surface area (Å²) in [7, 11) is 0. The highest BCUT2D eigenvalue weighted by molar-refractivity contribution is 5.26. The first-order chi connectivity index (χ1) is 8.06. The minimum Gasteiger partial charge on any atom is -0.251 e. The monoisotopic (exact) mass is 252 g/mol. The zero-order chi connectivity index (χ0) is 12.8. The minimum absolute atomic E-state index is 0.0843. The Labute approximate surface area is 96.4 Å². The van der Waals surface area contributed by atoms with Crippen LogP contribution in [-0.4, -0.2) is 19.5 Å². The van der Waals surface area contributed by atoms with E-state index >= 15 is 0 Å². The van der Waals surface area contributed by atoms with Crippen LogP contribution in [0.4, 0.5) is 22.0 Å². The van der Waals surface area contributed by atoms with Crippen molar-refractivity contribution in [3.05, 3.63) is 35.4 Å². The van der Waals surface area contributed by atoms with E-state index in [1.54, 1.807) is 0 Å². The summed E-state index contributed by atoms with van der Waals surface area (Å²) < 4.78 is 61.5.